The summed E-state index contributed by atoms with van der Waals surface area (Å²) in [6, 6.07) is 7.63. The Morgan fingerprint density at radius 1 is 1.18 bits per heavy atom. The molecule has 0 bridgehead atoms. The van der Waals surface area contributed by atoms with Gasteiger partial charge in [0.25, 0.3) is 0 Å². The second-order valence-electron chi connectivity index (χ2n) is 9.95. The number of ether oxygens (including phenoxy) is 1. The molecule has 0 aromatic heterocycles. The Bertz CT molecular complexity index is 1030. The van der Waals surface area contributed by atoms with E-state index >= 15 is 0 Å². The monoisotopic (exact) mass is 461 g/mol. The largest absolute Gasteiger partial charge is 0.460 e. The molecule has 1 fully saturated rings. The van der Waals surface area contributed by atoms with Gasteiger partial charge in [0.15, 0.2) is 0 Å². The lowest BCUT2D eigenvalue weighted by molar-refractivity contribution is -0.156. The minimum atomic E-state index is -0.517. The molecular formula is C30H39NO3. The lowest BCUT2D eigenvalue weighted by Crippen LogP contribution is -2.27. The Morgan fingerprint density at radius 2 is 1.82 bits per heavy atom. The number of carbonyl (C=O) groups is 2. The van der Waals surface area contributed by atoms with Gasteiger partial charge in [-0.05, 0) is 89.3 Å². The molecule has 1 atom stereocenters. The summed E-state index contributed by atoms with van der Waals surface area (Å²) in [6.07, 6.45) is 11.5. The van der Waals surface area contributed by atoms with E-state index in [0.29, 0.717) is 13.0 Å². The molecule has 2 rings (SSSR count). The van der Waals surface area contributed by atoms with Crippen LogP contribution in [0.25, 0.3) is 0 Å². The first-order valence-electron chi connectivity index (χ1n) is 11.9. The first-order chi connectivity index (χ1) is 15.9. The Hall–Kier alpha value is -3.14. The van der Waals surface area contributed by atoms with E-state index in [4.69, 9.17) is 4.74 Å². The third kappa shape index (κ3) is 7.72. The summed E-state index contributed by atoms with van der Waals surface area (Å²) in [5, 5.41) is 0. The van der Waals surface area contributed by atoms with E-state index < -0.39 is 5.60 Å². The van der Waals surface area contributed by atoms with E-state index in [1.807, 2.05) is 65.0 Å². The molecule has 0 spiro atoms. The second-order valence-corrected chi connectivity index (χ2v) is 9.95. The van der Waals surface area contributed by atoms with Gasteiger partial charge >= 0.3 is 5.97 Å². The summed E-state index contributed by atoms with van der Waals surface area (Å²) in [4.78, 5) is 26.9. The van der Waals surface area contributed by atoms with E-state index in [2.05, 4.69) is 44.7 Å². The zero-order valence-corrected chi connectivity index (χ0v) is 21.8. The van der Waals surface area contributed by atoms with Gasteiger partial charge in [-0.1, -0.05) is 54.7 Å². The number of allylic oxidation sites excluding steroid dienone is 8. The molecule has 1 unspecified atom stereocenters. The summed E-state index contributed by atoms with van der Waals surface area (Å²) in [5.74, 6) is -0.527. The van der Waals surface area contributed by atoms with Gasteiger partial charge in [0.2, 0.25) is 5.91 Å². The molecule has 1 saturated heterocycles. The van der Waals surface area contributed by atoms with E-state index in [9.17, 15) is 9.59 Å². The lowest BCUT2D eigenvalue weighted by Gasteiger charge is -2.23. The minimum absolute atomic E-state index is 0.0882. The van der Waals surface area contributed by atoms with Crippen molar-refractivity contribution < 1.29 is 14.3 Å². The summed E-state index contributed by atoms with van der Waals surface area (Å²) in [6.45, 7) is 18.1. The number of carbonyl (C=O) groups excluding carboxylic acids is 2. The molecule has 1 amide bonds. The number of benzene rings is 1. The number of esters is 1. The zero-order valence-electron chi connectivity index (χ0n) is 21.8. The minimum Gasteiger partial charge on any atom is -0.460 e. The van der Waals surface area contributed by atoms with E-state index in [-0.39, 0.29) is 17.8 Å². The van der Waals surface area contributed by atoms with Crippen LogP contribution in [-0.4, -0.2) is 24.0 Å². The number of nitrogens with zero attached hydrogens (tertiary/aromatic N) is 1. The van der Waals surface area contributed by atoms with Crippen LogP contribution in [0.4, 0.5) is 5.69 Å². The van der Waals surface area contributed by atoms with Crippen LogP contribution in [0, 0.1) is 0 Å². The maximum Gasteiger partial charge on any atom is 0.313 e. The Kier molecular flexibility index (Phi) is 9.43. The van der Waals surface area contributed by atoms with Gasteiger partial charge in [-0.15, -0.1) is 0 Å². The normalized spacial score (nSPS) is 17.1. The molecule has 4 heteroatoms. The molecule has 1 aromatic rings. The van der Waals surface area contributed by atoms with Gasteiger partial charge in [-0.25, -0.2) is 0 Å². The van der Waals surface area contributed by atoms with Crippen molar-refractivity contribution in [1.82, 2.24) is 0 Å². The topological polar surface area (TPSA) is 46.6 Å². The highest BCUT2D eigenvalue weighted by Crippen LogP contribution is 2.28. The van der Waals surface area contributed by atoms with Gasteiger partial charge in [-0.2, -0.15) is 0 Å². The van der Waals surface area contributed by atoms with Crippen molar-refractivity contribution in [2.24, 2.45) is 0 Å². The van der Waals surface area contributed by atoms with Crippen LogP contribution in [0.5, 0.6) is 0 Å². The van der Waals surface area contributed by atoms with Crippen LogP contribution in [0.15, 0.2) is 83.5 Å². The van der Waals surface area contributed by atoms with Crippen molar-refractivity contribution in [3.63, 3.8) is 0 Å². The van der Waals surface area contributed by atoms with Crippen LogP contribution >= 0.6 is 0 Å². The quantitative estimate of drug-likeness (QED) is 0.233. The van der Waals surface area contributed by atoms with Crippen LogP contribution in [-0.2, 0) is 14.3 Å². The number of amides is 1. The third-order valence-electron chi connectivity index (χ3n) is 5.65. The first-order valence-corrected chi connectivity index (χ1v) is 11.9. The molecule has 1 aliphatic heterocycles. The summed E-state index contributed by atoms with van der Waals surface area (Å²) in [7, 11) is 0. The van der Waals surface area contributed by atoms with Crippen LogP contribution in [0.3, 0.4) is 0 Å². The zero-order chi connectivity index (χ0) is 25.5. The fourth-order valence-electron chi connectivity index (χ4n) is 3.70. The van der Waals surface area contributed by atoms with Crippen LogP contribution in [0.2, 0.25) is 0 Å². The van der Waals surface area contributed by atoms with Crippen molar-refractivity contribution in [2.75, 3.05) is 11.4 Å². The average molecular weight is 462 g/mol. The molecule has 1 aliphatic rings. The van der Waals surface area contributed by atoms with Crippen LogP contribution in [0.1, 0.15) is 72.8 Å². The molecule has 182 valence electrons. The Morgan fingerprint density at radius 3 is 2.35 bits per heavy atom. The highest BCUT2D eigenvalue weighted by atomic mass is 16.6. The highest BCUT2D eigenvalue weighted by molar-refractivity contribution is 5.98. The van der Waals surface area contributed by atoms with Crippen molar-refractivity contribution in [2.45, 2.75) is 72.8 Å². The predicted molar refractivity (Wildman–Crippen MR) is 142 cm³/mol. The maximum atomic E-state index is 12.7. The second kappa shape index (κ2) is 11.8. The van der Waals surface area contributed by atoms with Crippen LogP contribution < -0.4 is 4.90 Å². The predicted octanol–water partition coefficient (Wildman–Crippen LogP) is 7.21. The number of rotatable bonds is 8. The van der Waals surface area contributed by atoms with Crippen molar-refractivity contribution in [1.29, 1.82) is 0 Å². The van der Waals surface area contributed by atoms with Crippen molar-refractivity contribution in [3.8, 4) is 0 Å². The number of hydrogen-bond donors (Lipinski definition) is 0. The molecule has 0 N–H and O–H groups in total. The smallest absolute Gasteiger partial charge is 0.313 e. The lowest BCUT2D eigenvalue weighted by atomic mass is 10.00. The summed E-state index contributed by atoms with van der Waals surface area (Å²) in [5.41, 5.74) is 5.82. The molecule has 0 saturated carbocycles. The molecule has 34 heavy (non-hydrogen) atoms. The molecular weight excluding hydrogens is 422 g/mol. The fourth-order valence-corrected chi connectivity index (χ4v) is 3.70. The molecule has 0 aliphatic carbocycles. The highest BCUT2D eigenvalue weighted by Gasteiger charge is 2.27. The molecule has 4 nitrogen and oxygen atoms in total. The Balaban J connectivity index is 2.10. The van der Waals surface area contributed by atoms with Gasteiger partial charge < -0.3 is 9.64 Å². The van der Waals surface area contributed by atoms with Crippen molar-refractivity contribution in [3.05, 3.63) is 89.1 Å². The van der Waals surface area contributed by atoms with Gasteiger partial charge in [-0.3, -0.25) is 9.59 Å². The average Bonchev–Trinajstić information content (AvgIpc) is 3.14. The van der Waals surface area contributed by atoms with E-state index in [1.165, 1.54) is 11.1 Å². The first kappa shape index (κ1) is 27.1. The third-order valence-corrected chi connectivity index (χ3v) is 5.65. The van der Waals surface area contributed by atoms with Gasteiger partial charge in [0.05, 0.1) is 5.92 Å². The van der Waals surface area contributed by atoms with Crippen molar-refractivity contribution >= 4 is 17.6 Å². The number of hydrogen-bond acceptors (Lipinski definition) is 3. The molecule has 0 radical (unpaired) electrons. The summed E-state index contributed by atoms with van der Waals surface area (Å²) < 4.78 is 5.49. The SMILES string of the molecule is C=CC(=C\C=C(C)C)/C(=C/C)C/C=C1\CC(=O)N(c2ccc(C(C)C(=O)OC(C)(C)C)cc2)C1. The van der Waals surface area contributed by atoms with E-state index in [1.54, 1.807) is 4.90 Å². The fraction of sp³-hybridized carbons (Fsp3) is 0.400. The van der Waals surface area contributed by atoms with Gasteiger partial charge in [0, 0.05) is 18.7 Å². The Labute approximate surface area is 205 Å². The number of anilines is 1. The molecule has 1 heterocycles. The molecule has 1 aromatic carbocycles. The van der Waals surface area contributed by atoms with E-state index in [0.717, 1.165) is 28.8 Å². The maximum absolute atomic E-state index is 12.7. The summed E-state index contributed by atoms with van der Waals surface area (Å²) >= 11 is 0. The standard InChI is InChI=1S/C30H39NO3/c1-9-24(13-11-21(3)4)25(10-2)14-12-23-19-28(32)31(20-23)27-17-15-26(16-18-27)22(5)29(33)34-30(6,7)8/h9-13,15-18,22H,1,14,19-20H2,2-8H3/b23-12+,24-13+,25-10+. The van der Waals surface area contributed by atoms with Gasteiger partial charge in [0.1, 0.15) is 5.60 Å².